The quantitative estimate of drug-likeness (QED) is 0.132. The molecule has 1 aliphatic heterocycles. The van der Waals surface area contributed by atoms with Crippen LogP contribution >= 0.6 is 35.3 Å². The van der Waals surface area contributed by atoms with Crippen LogP contribution in [0.5, 0.6) is 0 Å². The Balaban J connectivity index is 0.00000245. The Hall–Kier alpha value is -1.49. The van der Waals surface area contributed by atoms with Crippen molar-refractivity contribution in [3.63, 3.8) is 0 Å². The van der Waals surface area contributed by atoms with Crippen LogP contribution in [0.15, 0.2) is 17.1 Å². The summed E-state index contributed by atoms with van der Waals surface area (Å²) in [5, 5.41) is 7.82. The zero-order chi connectivity index (χ0) is 21.4. The molecular weight excluding hydrogens is 537 g/mol. The van der Waals surface area contributed by atoms with Crippen LogP contribution in [-0.2, 0) is 28.9 Å². The van der Waals surface area contributed by atoms with Gasteiger partial charge < -0.3 is 10.6 Å². The number of hydrogen-bond acceptors (Lipinski definition) is 5. The van der Waals surface area contributed by atoms with Crippen LogP contribution < -0.4 is 10.6 Å². The number of imide groups is 1. The molecule has 0 aromatic carbocycles. The number of carbonyl (C=O) groups excluding carboxylic acids is 2. The molecule has 2 fully saturated rings. The molecule has 4 aliphatic rings. The SMILES string of the molecule is CN=C(NCCCc1nc2c(s1)CCCC2)NCCN1C(=O)C2C3C=CC(C3)C2C1=O.I. The summed E-state index contributed by atoms with van der Waals surface area (Å²) in [5.41, 5.74) is 1.33. The Morgan fingerprint density at radius 2 is 1.81 bits per heavy atom. The zero-order valence-electron chi connectivity index (χ0n) is 18.5. The highest BCUT2D eigenvalue weighted by atomic mass is 127. The van der Waals surface area contributed by atoms with Crippen molar-refractivity contribution >= 4 is 53.1 Å². The Morgan fingerprint density at radius 1 is 1.12 bits per heavy atom. The van der Waals surface area contributed by atoms with Crippen molar-refractivity contribution in [3.8, 4) is 0 Å². The maximum absolute atomic E-state index is 12.7. The molecule has 1 aromatic heterocycles. The molecule has 1 saturated carbocycles. The van der Waals surface area contributed by atoms with Crippen molar-refractivity contribution in [1.29, 1.82) is 0 Å². The lowest BCUT2D eigenvalue weighted by Crippen LogP contribution is -2.44. The topological polar surface area (TPSA) is 86.7 Å². The molecule has 5 rings (SSSR count). The Kier molecular flexibility index (Phi) is 7.54. The van der Waals surface area contributed by atoms with E-state index in [4.69, 9.17) is 4.98 Å². The number of rotatable bonds is 7. The fourth-order valence-electron chi connectivity index (χ4n) is 5.65. The molecule has 32 heavy (non-hydrogen) atoms. The number of fused-ring (bicyclic) bond motifs is 6. The van der Waals surface area contributed by atoms with Gasteiger partial charge in [0.05, 0.1) is 22.5 Å². The van der Waals surface area contributed by atoms with Crippen molar-refractivity contribution < 1.29 is 9.59 Å². The van der Waals surface area contributed by atoms with Gasteiger partial charge in [0.25, 0.3) is 0 Å². The van der Waals surface area contributed by atoms with E-state index in [1.165, 1.54) is 39.7 Å². The number of hydrogen-bond donors (Lipinski definition) is 2. The monoisotopic (exact) mass is 569 g/mol. The number of guanidine groups is 1. The van der Waals surface area contributed by atoms with Crippen LogP contribution in [0.3, 0.4) is 0 Å². The lowest BCUT2D eigenvalue weighted by atomic mass is 9.85. The number of halogens is 1. The summed E-state index contributed by atoms with van der Waals surface area (Å²) in [5.74, 6) is 1.04. The number of allylic oxidation sites excluding steroid dienone is 2. The number of aliphatic imine (C=N–C) groups is 1. The predicted molar refractivity (Wildman–Crippen MR) is 136 cm³/mol. The maximum Gasteiger partial charge on any atom is 0.233 e. The van der Waals surface area contributed by atoms with Crippen molar-refractivity contribution in [2.24, 2.45) is 28.7 Å². The van der Waals surface area contributed by atoms with E-state index in [9.17, 15) is 9.59 Å². The summed E-state index contributed by atoms with van der Waals surface area (Å²) in [6.07, 6.45) is 12.1. The fourth-order valence-corrected chi connectivity index (χ4v) is 6.85. The molecule has 1 aromatic rings. The van der Waals surface area contributed by atoms with Gasteiger partial charge in [-0.1, -0.05) is 12.2 Å². The molecule has 2 amide bonds. The predicted octanol–water partition coefficient (Wildman–Crippen LogP) is 2.54. The molecule has 2 bridgehead atoms. The van der Waals surface area contributed by atoms with Crippen LogP contribution in [0, 0.1) is 23.7 Å². The van der Waals surface area contributed by atoms with Gasteiger partial charge in [-0.25, -0.2) is 4.98 Å². The number of aryl methyl sites for hydroxylation is 3. The van der Waals surface area contributed by atoms with E-state index < -0.39 is 0 Å². The third-order valence-corrected chi connectivity index (χ3v) is 8.38. The first kappa shape index (κ1) is 23.7. The van der Waals surface area contributed by atoms with E-state index in [0.29, 0.717) is 19.0 Å². The van der Waals surface area contributed by atoms with E-state index >= 15 is 0 Å². The standard InChI is InChI=1S/C23H31N5O2S.HI/c1-24-23(25-10-4-7-18-27-16-5-2-3-6-17(16)31-18)26-11-12-28-21(29)19-14-8-9-15(13-14)20(19)22(28)30;/h8-9,14-15,19-20H,2-7,10-13H2,1H3,(H2,24,25,26);1H. The second kappa shape index (κ2) is 10.2. The first-order valence-electron chi connectivity index (χ1n) is 11.6. The third kappa shape index (κ3) is 4.47. The summed E-state index contributed by atoms with van der Waals surface area (Å²) in [6, 6.07) is 0. The highest BCUT2D eigenvalue weighted by Gasteiger charge is 2.58. The molecule has 4 atom stereocenters. The van der Waals surface area contributed by atoms with Gasteiger partial charge in [0.15, 0.2) is 5.96 Å². The van der Waals surface area contributed by atoms with Gasteiger partial charge in [-0.05, 0) is 50.4 Å². The van der Waals surface area contributed by atoms with Gasteiger partial charge in [-0.3, -0.25) is 19.5 Å². The first-order chi connectivity index (χ1) is 15.2. The summed E-state index contributed by atoms with van der Waals surface area (Å²) < 4.78 is 0. The normalized spacial score (nSPS) is 28.0. The Bertz CT molecular complexity index is 876. The summed E-state index contributed by atoms with van der Waals surface area (Å²) >= 11 is 1.88. The second-order valence-corrected chi connectivity index (χ2v) is 10.2. The third-order valence-electron chi connectivity index (χ3n) is 7.16. The van der Waals surface area contributed by atoms with E-state index in [-0.39, 0.29) is 59.5 Å². The Morgan fingerprint density at radius 3 is 2.50 bits per heavy atom. The molecule has 174 valence electrons. The lowest BCUT2D eigenvalue weighted by molar-refractivity contribution is -0.140. The van der Waals surface area contributed by atoms with Gasteiger partial charge in [0, 0.05) is 38.0 Å². The number of amides is 2. The molecule has 4 unspecified atom stereocenters. The number of nitrogens with one attached hydrogen (secondary N) is 2. The van der Waals surface area contributed by atoms with Crippen molar-refractivity contribution in [3.05, 3.63) is 27.7 Å². The number of likely N-dealkylation sites (tertiary alicyclic amines) is 1. The molecule has 1 saturated heterocycles. The van der Waals surface area contributed by atoms with Crippen LogP contribution in [-0.4, -0.2) is 54.3 Å². The minimum atomic E-state index is -0.114. The van der Waals surface area contributed by atoms with E-state index in [1.54, 1.807) is 7.05 Å². The van der Waals surface area contributed by atoms with Crippen LogP contribution in [0.4, 0.5) is 0 Å². The van der Waals surface area contributed by atoms with Crippen molar-refractivity contribution in [2.45, 2.75) is 44.9 Å². The number of carbonyl (C=O) groups is 2. The lowest BCUT2D eigenvalue weighted by Gasteiger charge is -2.18. The fraction of sp³-hybridized carbons (Fsp3) is 0.652. The van der Waals surface area contributed by atoms with E-state index in [1.807, 2.05) is 11.3 Å². The minimum absolute atomic E-state index is 0. The van der Waals surface area contributed by atoms with Crippen LogP contribution in [0.25, 0.3) is 0 Å². The first-order valence-corrected chi connectivity index (χ1v) is 12.4. The minimum Gasteiger partial charge on any atom is -0.356 e. The molecule has 9 heteroatoms. The highest BCUT2D eigenvalue weighted by Crippen LogP contribution is 2.52. The highest BCUT2D eigenvalue weighted by molar-refractivity contribution is 14.0. The average molecular weight is 570 g/mol. The van der Waals surface area contributed by atoms with Gasteiger partial charge in [0.2, 0.25) is 11.8 Å². The van der Waals surface area contributed by atoms with Gasteiger partial charge in [0.1, 0.15) is 0 Å². The maximum atomic E-state index is 12.7. The van der Waals surface area contributed by atoms with Crippen LogP contribution in [0.2, 0.25) is 0 Å². The largest absolute Gasteiger partial charge is 0.356 e. The Labute approximate surface area is 210 Å². The molecule has 0 spiro atoms. The molecule has 0 radical (unpaired) electrons. The van der Waals surface area contributed by atoms with Gasteiger partial charge >= 0.3 is 0 Å². The van der Waals surface area contributed by atoms with Gasteiger partial charge in [-0.2, -0.15) is 0 Å². The molecule has 2 heterocycles. The van der Waals surface area contributed by atoms with E-state index in [2.05, 4.69) is 27.8 Å². The van der Waals surface area contributed by atoms with Gasteiger partial charge in [-0.15, -0.1) is 35.3 Å². The molecule has 3 aliphatic carbocycles. The number of nitrogens with zero attached hydrogens (tertiary/aromatic N) is 3. The molecular formula is C23H32IN5O2S. The second-order valence-electron chi connectivity index (χ2n) is 9.04. The number of thiazole rings is 1. The van der Waals surface area contributed by atoms with E-state index in [0.717, 1.165) is 32.2 Å². The average Bonchev–Trinajstić information content (AvgIpc) is 3.54. The number of aromatic nitrogens is 1. The zero-order valence-corrected chi connectivity index (χ0v) is 21.7. The summed E-state index contributed by atoms with van der Waals surface area (Å²) in [4.78, 5) is 37.5. The summed E-state index contributed by atoms with van der Waals surface area (Å²) in [6.45, 7) is 1.72. The van der Waals surface area contributed by atoms with Crippen molar-refractivity contribution in [1.82, 2.24) is 20.5 Å². The smallest absolute Gasteiger partial charge is 0.233 e. The summed E-state index contributed by atoms with van der Waals surface area (Å²) in [7, 11) is 1.74. The molecule has 2 N–H and O–H groups in total. The van der Waals surface area contributed by atoms with Crippen molar-refractivity contribution in [2.75, 3.05) is 26.7 Å². The van der Waals surface area contributed by atoms with Crippen LogP contribution in [0.1, 0.15) is 41.3 Å². The molecule has 7 nitrogen and oxygen atoms in total.